The molecular formula is C20H28ClN3O3. The Kier molecular flexibility index (Phi) is 7.68. The predicted molar refractivity (Wildman–Crippen MR) is 106 cm³/mol. The first-order valence-electron chi connectivity index (χ1n) is 9.19. The maximum Gasteiger partial charge on any atom is 0.224 e. The second-order valence-corrected chi connectivity index (χ2v) is 7.01. The van der Waals surface area contributed by atoms with Gasteiger partial charge in [-0.15, -0.1) is 12.4 Å². The molecule has 1 heterocycles. The standard InChI is InChI=1S/C20H27N3O3.ClH/c1-13-18(14(2)26-23-13)12-25-17-8-6-15(7-9-17)10-20(24)22-19-5-3-4-16(19)11-21;/h6-9,16,19H,3-5,10-12,21H2,1-2H3,(H,22,24);1H. The number of rotatable bonds is 7. The highest BCUT2D eigenvalue weighted by Gasteiger charge is 2.27. The number of nitrogens with two attached hydrogens (primary N) is 1. The maximum absolute atomic E-state index is 12.3. The smallest absolute Gasteiger partial charge is 0.224 e. The average molecular weight is 394 g/mol. The molecule has 1 fully saturated rings. The van der Waals surface area contributed by atoms with Gasteiger partial charge in [0.15, 0.2) is 0 Å². The number of carbonyl (C=O) groups is 1. The summed E-state index contributed by atoms with van der Waals surface area (Å²) >= 11 is 0. The van der Waals surface area contributed by atoms with Gasteiger partial charge in [0.05, 0.1) is 17.7 Å². The van der Waals surface area contributed by atoms with Crippen LogP contribution in [0.3, 0.4) is 0 Å². The van der Waals surface area contributed by atoms with E-state index in [2.05, 4.69) is 10.5 Å². The van der Waals surface area contributed by atoms with Gasteiger partial charge in [-0.1, -0.05) is 23.7 Å². The Balaban J connectivity index is 0.00000261. The molecule has 0 bridgehead atoms. The Labute approximate surface area is 166 Å². The van der Waals surface area contributed by atoms with E-state index >= 15 is 0 Å². The van der Waals surface area contributed by atoms with E-state index in [4.69, 9.17) is 15.0 Å². The quantitative estimate of drug-likeness (QED) is 0.754. The van der Waals surface area contributed by atoms with Crippen molar-refractivity contribution in [2.75, 3.05) is 6.54 Å². The normalized spacial score (nSPS) is 18.8. The fourth-order valence-electron chi connectivity index (χ4n) is 3.52. The van der Waals surface area contributed by atoms with Gasteiger partial charge < -0.3 is 20.3 Å². The molecule has 1 aromatic carbocycles. The second kappa shape index (κ2) is 9.76. The molecule has 6 nitrogen and oxygen atoms in total. The predicted octanol–water partition coefficient (Wildman–Crippen LogP) is 3.08. The highest BCUT2D eigenvalue weighted by Crippen LogP contribution is 2.24. The fourth-order valence-corrected chi connectivity index (χ4v) is 3.52. The van der Waals surface area contributed by atoms with E-state index in [1.54, 1.807) is 0 Å². The summed E-state index contributed by atoms with van der Waals surface area (Å²) in [5.41, 5.74) is 8.56. The van der Waals surface area contributed by atoms with Crippen molar-refractivity contribution in [2.24, 2.45) is 11.7 Å². The van der Waals surface area contributed by atoms with Gasteiger partial charge in [-0.05, 0) is 56.8 Å². The molecule has 0 spiro atoms. The van der Waals surface area contributed by atoms with Crippen LogP contribution >= 0.6 is 12.4 Å². The van der Waals surface area contributed by atoms with Crippen molar-refractivity contribution < 1.29 is 14.1 Å². The number of halogens is 1. The van der Waals surface area contributed by atoms with E-state index in [0.717, 1.165) is 47.6 Å². The molecule has 2 atom stereocenters. The van der Waals surface area contributed by atoms with E-state index in [1.165, 1.54) is 0 Å². The molecule has 1 aromatic heterocycles. The first kappa shape index (κ1) is 21.3. The third-order valence-electron chi connectivity index (χ3n) is 5.16. The molecule has 1 amide bonds. The van der Waals surface area contributed by atoms with E-state index in [-0.39, 0.29) is 24.4 Å². The maximum atomic E-state index is 12.3. The summed E-state index contributed by atoms with van der Waals surface area (Å²) in [6, 6.07) is 7.86. The average Bonchev–Trinajstić information content (AvgIpc) is 3.20. The largest absolute Gasteiger partial charge is 0.489 e. The van der Waals surface area contributed by atoms with Crippen molar-refractivity contribution in [3.63, 3.8) is 0 Å². The van der Waals surface area contributed by atoms with Crippen molar-refractivity contribution in [1.82, 2.24) is 10.5 Å². The minimum atomic E-state index is 0. The fraction of sp³-hybridized carbons (Fsp3) is 0.500. The number of aryl methyl sites for hydroxylation is 2. The molecule has 3 N–H and O–H groups in total. The number of hydrogen-bond acceptors (Lipinski definition) is 5. The summed E-state index contributed by atoms with van der Waals surface area (Å²) in [7, 11) is 0. The lowest BCUT2D eigenvalue weighted by Gasteiger charge is -2.19. The first-order chi connectivity index (χ1) is 12.6. The zero-order valence-corrected chi connectivity index (χ0v) is 16.7. The van der Waals surface area contributed by atoms with Crippen molar-refractivity contribution in [1.29, 1.82) is 0 Å². The third-order valence-corrected chi connectivity index (χ3v) is 5.16. The van der Waals surface area contributed by atoms with Crippen LogP contribution in [0.2, 0.25) is 0 Å². The molecule has 2 unspecified atom stereocenters. The summed E-state index contributed by atoms with van der Waals surface area (Å²) in [6.45, 7) is 4.84. The highest BCUT2D eigenvalue weighted by atomic mass is 35.5. The van der Waals surface area contributed by atoms with Gasteiger partial charge in [-0.3, -0.25) is 4.79 Å². The molecule has 1 saturated carbocycles. The number of nitrogens with one attached hydrogen (secondary N) is 1. The van der Waals surface area contributed by atoms with Crippen LogP contribution in [0.1, 0.15) is 41.8 Å². The number of hydrogen-bond donors (Lipinski definition) is 2. The van der Waals surface area contributed by atoms with Crippen LogP contribution in [0.15, 0.2) is 28.8 Å². The van der Waals surface area contributed by atoms with Crippen molar-refractivity contribution in [2.45, 2.75) is 52.2 Å². The topological polar surface area (TPSA) is 90.4 Å². The molecule has 0 saturated heterocycles. The molecule has 7 heteroatoms. The molecule has 2 aromatic rings. The lowest BCUT2D eigenvalue weighted by atomic mass is 10.0. The van der Waals surface area contributed by atoms with E-state index in [1.807, 2.05) is 38.1 Å². The molecule has 0 aliphatic heterocycles. The minimum absolute atomic E-state index is 0. The molecule has 1 aliphatic carbocycles. The number of amides is 1. The monoisotopic (exact) mass is 393 g/mol. The number of carbonyl (C=O) groups excluding carboxylic acids is 1. The number of ether oxygens (including phenoxy) is 1. The minimum Gasteiger partial charge on any atom is -0.489 e. The van der Waals surface area contributed by atoms with Crippen molar-refractivity contribution in [3.05, 3.63) is 46.8 Å². The van der Waals surface area contributed by atoms with Crippen LogP contribution in [0, 0.1) is 19.8 Å². The van der Waals surface area contributed by atoms with Gasteiger partial charge in [0, 0.05) is 6.04 Å². The van der Waals surface area contributed by atoms with Crippen molar-refractivity contribution >= 4 is 18.3 Å². The van der Waals surface area contributed by atoms with Crippen LogP contribution in [0.5, 0.6) is 5.75 Å². The van der Waals surface area contributed by atoms with Crippen LogP contribution < -0.4 is 15.8 Å². The molecule has 1 aliphatic rings. The first-order valence-corrected chi connectivity index (χ1v) is 9.19. The number of nitrogens with zero attached hydrogens (tertiary/aromatic N) is 1. The zero-order chi connectivity index (χ0) is 18.5. The van der Waals surface area contributed by atoms with Crippen LogP contribution in [0.25, 0.3) is 0 Å². The Morgan fingerprint density at radius 3 is 2.67 bits per heavy atom. The number of benzene rings is 1. The van der Waals surface area contributed by atoms with Gasteiger partial charge >= 0.3 is 0 Å². The SMILES string of the molecule is Cc1noc(C)c1COc1ccc(CC(=O)NC2CCCC2CN)cc1.Cl. The summed E-state index contributed by atoms with van der Waals surface area (Å²) < 4.78 is 10.9. The Morgan fingerprint density at radius 2 is 2.04 bits per heavy atom. The van der Waals surface area contributed by atoms with Gasteiger partial charge in [-0.25, -0.2) is 0 Å². The Hall–Kier alpha value is -2.05. The van der Waals surface area contributed by atoms with E-state index in [0.29, 0.717) is 25.5 Å². The van der Waals surface area contributed by atoms with Crippen LogP contribution in [-0.4, -0.2) is 23.7 Å². The van der Waals surface area contributed by atoms with Crippen LogP contribution in [0.4, 0.5) is 0 Å². The zero-order valence-electron chi connectivity index (χ0n) is 15.9. The molecule has 27 heavy (non-hydrogen) atoms. The second-order valence-electron chi connectivity index (χ2n) is 7.01. The van der Waals surface area contributed by atoms with Gasteiger partial charge in [0.25, 0.3) is 0 Å². The van der Waals surface area contributed by atoms with Crippen LogP contribution in [-0.2, 0) is 17.8 Å². The molecular weight excluding hydrogens is 366 g/mol. The third kappa shape index (κ3) is 5.47. The van der Waals surface area contributed by atoms with Gasteiger partial charge in [-0.2, -0.15) is 0 Å². The lowest BCUT2D eigenvalue weighted by Crippen LogP contribution is -2.40. The summed E-state index contributed by atoms with van der Waals surface area (Å²) in [5, 5.41) is 7.05. The summed E-state index contributed by atoms with van der Waals surface area (Å²) in [4.78, 5) is 12.3. The highest BCUT2D eigenvalue weighted by molar-refractivity contribution is 5.85. The van der Waals surface area contributed by atoms with E-state index in [9.17, 15) is 4.79 Å². The summed E-state index contributed by atoms with van der Waals surface area (Å²) in [5.74, 6) is 2.01. The van der Waals surface area contributed by atoms with Gasteiger partial charge in [0.2, 0.25) is 5.91 Å². The van der Waals surface area contributed by atoms with Gasteiger partial charge in [0.1, 0.15) is 18.1 Å². The molecule has 148 valence electrons. The summed E-state index contributed by atoms with van der Waals surface area (Å²) in [6.07, 6.45) is 3.66. The van der Waals surface area contributed by atoms with Crippen molar-refractivity contribution in [3.8, 4) is 5.75 Å². The molecule has 0 radical (unpaired) electrons. The Morgan fingerprint density at radius 1 is 1.30 bits per heavy atom. The van der Waals surface area contributed by atoms with E-state index < -0.39 is 0 Å². The number of aromatic nitrogens is 1. The lowest BCUT2D eigenvalue weighted by molar-refractivity contribution is -0.121. The molecule has 3 rings (SSSR count). The Bertz CT molecular complexity index is 726.